The molecule has 3 heteroatoms. The van der Waals surface area contributed by atoms with Crippen LogP contribution in [0.5, 0.6) is 0 Å². The Balaban J connectivity index is 0.00000200. The molecule has 0 spiro atoms. The van der Waals surface area contributed by atoms with Gasteiger partial charge in [-0.2, -0.15) is 17.2 Å². The molecule has 0 aromatic heterocycles. The zero-order valence-electron chi connectivity index (χ0n) is 13.1. The summed E-state index contributed by atoms with van der Waals surface area (Å²) >= 11 is 0. The van der Waals surface area contributed by atoms with E-state index in [4.69, 9.17) is 5.32 Å². The normalized spacial score (nSPS) is 33.6. The van der Waals surface area contributed by atoms with Crippen molar-refractivity contribution in [2.24, 2.45) is 17.8 Å². The Morgan fingerprint density at radius 2 is 1.65 bits per heavy atom. The van der Waals surface area contributed by atoms with Gasteiger partial charge in [0.1, 0.15) is 0 Å². The van der Waals surface area contributed by atoms with E-state index < -0.39 is 0 Å². The Labute approximate surface area is 136 Å². The first-order chi connectivity index (χ1) is 8.82. The third kappa shape index (κ3) is 3.16. The first-order valence-electron chi connectivity index (χ1n) is 7.21. The van der Waals surface area contributed by atoms with Crippen molar-refractivity contribution in [1.29, 1.82) is 0 Å². The summed E-state index contributed by atoms with van der Waals surface area (Å²) in [5, 5.41) is 4.94. The van der Waals surface area contributed by atoms with E-state index in [2.05, 4.69) is 33.8 Å². The molecule has 20 heavy (non-hydrogen) atoms. The summed E-state index contributed by atoms with van der Waals surface area (Å²) < 4.78 is 13.6. The number of rotatable bonds is 1. The Bertz CT molecular complexity index is 474. The van der Waals surface area contributed by atoms with Gasteiger partial charge in [0, 0.05) is 25.9 Å². The molecule has 1 nitrogen and oxygen atoms in total. The third-order valence-corrected chi connectivity index (χ3v) is 5.06. The van der Waals surface area contributed by atoms with Crippen molar-refractivity contribution >= 4 is 0 Å². The van der Waals surface area contributed by atoms with Gasteiger partial charge in [-0.05, 0) is 5.92 Å². The van der Waals surface area contributed by atoms with Gasteiger partial charge in [-0.3, -0.25) is 4.39 Å². The standard InChI is InChI=1S/C17H24FN.Ir/c1-9-8-16(18)10(2)7-15(9)17-13(5)11(3)12(4)14(6)19-17;/h8,11-14,17H,1-6H3;/q-2;. The first-order valence-corrected chi connectivity index (χ1v) is 7.21. The second-order valence-corrected chi connectivity index (χ2v) is 6.25. The molecule has 0 saturated carbocycles. The molecule has 0 amide bonds. The zero-order valence-corrected chi connectivity index (χ0v) is 15.5. The van der Waals surface area contributed by atoms with Gasteiger partial charge in [-0.25, -0.2) is 0 Å². The van der Waals surface area contributed by atoms with Crippen LogP contribution in [-0.2, 0) is 20.1 Å². The minimum Gasteiger partial charge on any atom is -0.654 e. The summed E-state index contributed by atoms with van der Waals surface area (Å²) in [5.41, 5.74) is 2.65. The molecule has 1 aliphatic rings. The van der Waals surface area contributed by atoms with Crippen LogP contribution in [0.25, 0.3) is 5.32 Å². The van der Waals surface area contributed by atoms with Crippen molar-refractivity contribution < 1.29 is 24.5 Å². The molecule has 115 valence electrons. The molecule has 0 bridgehead atoms. The van der Waals surface area contributed by atoms with E-state index in [1.807, 2.05) is 6.92 Å². The predicted molar refractivity (Wildman–Crippen MR) is 77.8 cm³/mol. The third-order valence-electron chi connectivity index (χ3n) is 5.06. The van der Waals surface area contributed by atoms with E-state index in [9.17, 15) is 4.39 Å². The summed E-state index contributed by atoms with van der Waals surface area (Å²) in [6.45, 7) is 12.8. The number of benzene rings is 1. The van der Waals surface area contributed by atoms with Gasteiger partial charge in [0.25, 0.3) is 0 Å². The van der Waals surface area contributed by atoms with Gasteiger partial charge in [0.2, 0.25) is 0 Å². The van der Waals surface area contributed by atoms with Crippen LogP contribution >= 0.6 is 0 Å². The Morgan fingerprint density at radius 1 is 1.05 bits per heavy atom. The van der Waals surface area contributed by atoms with Crippen LogP contribution in [0.1, 0.15) is 50.4 Å². The SMILES string of the molecule is Cc1[c-]c(C2[N-]C(C)C(C)C(C)C2C)c(C)cc1F.[Ir]. The monoisotopic (exact) mass is 454 g/mol. The molecule has 1 aliphatic heterocycles. The van der Waals surface area contributed by atoms with Gasteiger partial charge in [-0.1, -0.05) is 53.4 Å². The summed E-state index contributed by atoms with van der Waals surface area (Å²) in [7, 11) is 0. The van der Waals surface area contributed by atoms with E-state index in [0.29, 0.717) is 29.4 Å². The van der Waals surface area contributed by atoms with Crippen LogP contribution < -0.4 is 0 Å². The van der Waals surface area contributed by atoms with Crippen molar-refractivity contribution in [2.45, 2.75) is 53.6 Å². The number of piperidine rings is 1. The van der Waals surface area contributed by atoms with Crippen LogP contribution in [0.4, 0.5) is 4.39 Å². The largest absolute Gasteiger partial charge is 0.654 e. The molecule has 1 radical (unpaired) electrons. The summed E-state index contributed by atoms with van der Waals surface area (Å²) in [6.07, 6.45) is 0. The summed E-state index contributed by atoms with van der Waals surface area (Å²) in [5.74, 6) is 1.54. The van der Waals surface area contributed by atoms with Gasteiger partial charge in [0.05, 0.1) is 0 Å². The van der Waals surface area contributed by atoms with E-state index >= 15 is 0 Å². The van der Waals surface area contributed by atoms with Crippen LogP contribution in [0.3, 0.4) is 0 Å². The van der Waals surface area contributed by atoms with E-state index in [0.717, 1.165) is 11.1 Å². The average molecular weight is 454 g/mol. The van der Waals surface area contributed by atoms with Crippen LogP contribution in [-0.4, -0.2) is 6.04 Å². The Hall–Kier alpha value is -0.241. The summed E-state index contributed by atoms with van der Waals surface area (Å²) in [4.78, 5) is 0. The molecular formula is C17H24FIrN-2. The minimum atomic E-state index is -0.167. The van der Waals surface area contributed by atoms with Crippen molar-refractivity contribution in [3.63, 3.8) is 0 Å². The smallest absolute Gasteiger partial charge is 0.0119 e. The van der Waals surface area contributed by atoms with Crippen molar-refractivity contribution in [3.8, 4) is 0 Å². The molecular weight excluding hydrogens is 429 g/mol. The van der Waals surface area contributed by atoms with Gasteiger partial charge in [-0.15, -0.1) is 23.7 Å². The molecule has 5 atom stereocenters. The molecule has 2 rings (SSSR count). The fourth-order valence-corrected chi connectivity index (χ4v) is 3.11. The number of hydrogen-bond acceptors (Lipinski definition) is 0. The van der Waals surface area contributed by atoms with Crippen LogP contribution in [0, 0.1) is 43.5 Å². The maximum atomic E-state index is 13.6. The van der Waals surface area contributed by atoms with Crippen LogP contribution in [0.2, 0.25) is 0 Å². The number of aryl methyl sites for hydroxylation is 2. The average Bonchev–Trinajstić information content (AvgIpc) is 2.36. The first kappa shape index (κ1) is 17.8. The van der Waals surface area contributed by atoms with E-state index in [1.165, 1.54) is 0 Å². The Kier molecular flexibility index (Phi) is 5.95. The van der Waals surface area contributed by atoms with E-state index in [-0.39, 0.29) is 32.0 Å². The maximum Gasteiger partial charge on any atom is 0.0119 e. The van der Waals surface area contributed by atoms with Gasteiger partial charge >= 0.3 is 0 Å². The van der Waals surface area contributed by atoms with Gasteiger partial charge in [0.15, 0.2) is 0 Å². The molecule has 5 unspecified atom stereocenters. The zero-order chi connectivity index (χ0) is 14.3. The molecule has 1 saturated heterocycles. The fraction of sp³-hybridized carbons (Fsp3) is 0.647. The molecule has 1 heterocycles. The van der Waals surface area contributed by atoms with Gasteiger partial charge < -0.3 is 5.32 Å². The second kappa shape index (κ2) is 6.68. The van der Waals surface area contributed by atoms with E-state index in [1.54, 1.807) is 13.0 Å². The second-order valence-electron chi connectivity index (χ2n) is 6.25. The summed E-state index contributed by atoms with van der Waals surface area (Å²) in [6, 6.07) is 5.36. The predicted octanol–water partition coefficient (Wildman–Crippen LogP) is 4.97. The number of halogens is 1. The number of hydrogen-bond donors (Lipinski definition) is 0. The topological polar surface area (TPSA) is 14.1 Å². The number of nitrogens with zero attached hydrogens (tertiary/aromatic N) is 1. The van der Waals surface area contributed by atoms with Crippen molar-refractivity contribution in [1.82, 2.24) is 0 Å². The maximum absolute atomic E-state index is 13.6. The Morgan fingerprint density at radius 3 is 2.25 bits per heavy atom. The quantitative estimate of drug-likeness (QED) is 0.534. The molecule has 1 aromatic rings. The molecule has 0 aliphatic carbocycles. The molecule has 1 aromatic carbocycles. The fourth-order valence-electron chi connectivity index (χ4n) is 3.11. The van der Waals surface area contributed by atoms with Crippen molar-refractivity contribution in [2.75, 3.05) is 0 Å². The minimum absolute atomic E-state index is 0. The molecule has 0 N–H and O–H groups in total. The molecule has 1 fully saturated rings. The van der Waals surface area contributed by atoms with Crippen molar-refractivity contribution in [3.05, 3.63) is 40.0 Å². The van der Waals surface area contributed by atoms with Crippen LogP contribution in [0.15, 0.2) is 6.07 Å².